The van der Waals surface area contributed by atoms with E-state index in [1.54, 1.807) is 50.0 Å². The SMILES string of the molecule is COc1ccc(COC(=O)Nc2ncc(-c3ccc4cnc(NC(=O)c5ccnc(N6CCN(C)CC6)c5)nc4c3)s2)cc1. The maximum absolute atomic E-state index is 13.1. The van der Waals surface area contributed by atoms with Crippen LogP contribution in [0.15, 0.2) is 73.2 Å². The largest absolute Gasteiger partial charge is 0.497 e. The Balaban J connectivity index is 1.09. The molecule has 2 N–H and O–H groups in total. The number of amides is 2. The van der Waals surface area contributed by atoms with Crippen LogP contribution in [-0.4, -0.2) is 77.2 Å². The van der Waals surface area contributed by atoms with E-state index in [0.29, 0.717) is 16.2 Å². The van der Waals surface area contributed by atoms with Crippen molar-refractivity contribution >= 4 is 51.1 Å². The molecule has 224 valence electrons. The van der Waals surface area contributed by atoms with Crippen molar-refractivity contribution in [2.75, 3.05) is 55.9 Å². The average molecular weight is 611 g/mol. The van der Waals surface area contributed by atoms with E-state index in [9.17, 15) is 9.59 Å². The van der Waals surface area contributed by atoms with Crippen LogP contribution in [0.25, 0.3) is 21.3 Å². The summed E-state index contributed by atoms with van der Waals surface area (Å²) in [6.07, 6.45) is 4.39. The van der Waals surface area contributed by atoms with Crippen LogP contribution >= 0.6 is 11.3 Å². The number of nitrogens with zero attached hydrogens (tertiary/aromatic N) is 6. The number of carbonyl (C=O) groups excluding carboxylic acids is 2. The van der Waals surface area contributed by atoms with E-state index >= 15 is 0 Å². The minimum absolute atomic E-state index is 0.121. The Labute approximate surface area is 257 Å². The zero-order valence-electron chi connectivity index (χ0n) is 24.2. The van der Waals surface area contributed by atoms with Gasteiger partial charge in [0.15, 0.2) is 5.13 Å². The number of likely N-dealkylation sites (N-methyl/N-ethyl adjacent to an activating group) is 1. The maximum Gasteiger partial charge on any atom is 0.413 e. The highest BCUT2D eigenvalue weighted by molar-refractivity contribution is 7.19. The van der Waals surface area contributed by atoms with Crippen molar-refractivity contribution in [3.05, 3.63) is 84.3 Å². The Morgan fingerprint density at radius 3 is 2.55 bits per heavy atom. The lowest BCUT2D eigenvalue weighted by Crippen LogP contribution is -2.44. The molecule has 3 aromatic heterocycles. The molecule has 0 spiro atoms. The summed E-state index contributed by atoms with van der Waals surface area (Å²) >= 11 is 1.31. The summed E-state index contributed by atoms with van der Waals surface area (Å²) < 4.78 is 10.5. The number of methoxy groups -OCH3 is 1. The van der Waals surface area contributed by atoms with Crippen LogP contribution < -0.4 is 20.3 Å². The second-order valence-corrected chi connectivity index (χ2v) is 11.2. The van der Waals surface area contributed by atoms with Crippen LogP contribution in [0, 0.1) is 0 Å². The fourth-order valence-electron chi connectivity index (χ4n) is 4.64. The predicted molar refractivity (Wildman–Crippen MR) is 169 cm³/mol. The van der Waals surface area contributed by atoms with Gasteiger partial charge in [0.25, 0.3) is 5.91 Å². The molecule has 1 aliphatic rings. The minimum Gasteiger partial charge on any atom is -0.497 e. The van der Waals surface area contributed by atoms with Gasteiger partial charge in [-0.15, -0.1) is 0 Å². The Morgan fingerprint density at radius 1 is 0.932 bits per heavy atom. The molecule has 0 radical (unpaired) electrons. The number of pyridine rings is 1. The number of hydrogen-bond acceptors (Lipinski definition) is 11. The molecule has 1 fully saturated rings. The summed E-state index contributed by atoms with van der Waals surface area (Å²) in [7, 11) is 3.69. The summed E-state index contributed by atoms with van der Waals surface area (Å²) in [6.45, 7) is 3.73. The van der Waals surface area contributed by atoms with Crippen LogP contribution in [-0.2, 0) is 11.3 Å². The lowest BCUT2D eigenvalue weighted by atomic mass is 10.1. The second kappa shape index (κ2) is 13.0. The van der Waals surface area contributed by atoms with E-state index in [1.165, 1.54) is 11.3 Å². The molecule has 1 saturated heterocycles. The van der Waals surface area contributed by atoms with Gasteiger partial charge in [-0.2, -0.15) is 0 Å². The molecule has 5 aromatic rings. The number of nitrogens with one attached hydrogen (secondary N) is 2. The first-order valence-electron chi connectivity index (χ1n) is 13.9. The molecule has 1 aliphatic heterocycles. The van der Waals surface area contributed by atoms with Crippen molar-refractivity contribution in [1.82, 2.24) is 24.8 Å². The van der Waals surface area contributed by atoms with Crippen LogP contribution in [0.4, 0.5) is 21.7 Å². The highest BCUT2D eigenvalue weighted by atomic mass is 32.1. The number of aromatic nitrogens is 4. The summed E-state index contributed by atoms with van der Waals surface area (Å²) in [5.41, 5.74) is 2.84. The minimum atomic E-state index is -0.599. The van der Waals surface area contributed by atoms with Gasteiger partial charge in [-0.3, -0.25) is 15.4 Å². The molecule has 0 atom stereocenters. The molecule has 13 heteroatoms. The molecule has 2 aromatic carbocycles. The standard InChI is InChI=1S/C31H30N8O4S/c1-38-11-13-39(14-12-38)27-16-22(9-10-32-27)28(40)36-29-33-17-23-6-5-21(15-25(23)35-29)26-18-34-30(44-26)37-31(41)43-19-20-3-7-24(42-2)8-4-20/h3-10,15-18H,11-14,19H2,1-2H3,(H,34,37,41)(H,33,35,36,40). The third-order valence-corrected chi connectivity index (χ3v) is 8.13. The van der Waals surface area contributed by atoms with Crippen LogP contribution in [0.5, 0.6) is 5.75 Å². The van der Waals surface area contributed by atoms with Gasteiger partial charge in [0.1, 0.15) is 18.2 Å². The Morgan fingerprint density at radius 2 is 1.75 bits per heavy atom. The number of ether oxygens (including phenoxy) is 2. The number of piperazine rings is 1. The monoisotopic (exact) mass is 610 g/mol. The molecule has 12 nitrogen and oxygen atoms in total. The van der Waals surface area contributed by atoms with Gasteiger partial charge >= 0.3 is 6.09 Å². The van der Waals surface area contributed by atoms with Crippen molar-refractivity contribution in [3.8, 4) is 16.2 Å². The number of hydrogen-bond donors (Lipinski definition) is 2. The summed E-state index contributed by atoms with van der Waals surface area (Å²) in [5.74, 6) is 1.40. The fourth-order valence-corrected chi connectivity index (χ4v) is 5.44. The highest BCUT2D eigenvalue weighted by Gasteiger charge is 2.17. The first-order chi connectivity index (χ1) is 21.4. The van der Waals surface area contributed by atoms with E-state index in [-0.39, 0.29) is 18.5 Å². The third kappa shape index (κ3) is 6.90. The predicted octanol–water partition coefficient (Wildman–Crippen LogP) is 4.91. The van der Waals surface area contributed by atoms with Crippen molar-refractivity contribution < 1.29 is 19.1 Å². The maximum atomic E-state index is 13.1. The molecule has 4 heterocycles. The number of fused-ring (bicyclic) bond motifs is 1. The Hall–Kier alpha value is -5.14. The quantitative estimate of drug-likeness (QED) is 0.250. The van der Waals surface area contributed by atoms with Crippen LogP contribution in [0.1, 0.15) is 15.9 Å². The number of rotatable bonds is 8. The van der Waals surface area contributed by atoms with E-state index in [2.05, 4.69) is 47.4 Å². The van der Waals surface area contributed by atoms with Crippen LogP contribution in [0.3, 0.4) is 0 Å². The van der Waals surface area contributed by atoms with Gasteiger partial charge in [0.05, 0.1) is 17.5 Å². The van der Waals surface area contributed by atoms with E-state index in [1.807, 2.05) is 30.3 Å². The number of carbonyl (C=O) groups is 2. The number of benzene rings is 2. The fraction of sp³-hybridized carbons (Fsp3) is 0.226. The van der Waals surface area contributed by atoms with Crippen LogP contribution in [0.2, 0.25) is 0 Å². The van der Waals surface area contributed by atoms with Gasteiger partial charge in [0.2, 0.25) is 5.95 Å². The summed E-state index contributed by atoms with van der Waals surface area (Å²) in [6, 6.07) is 16.5. The highest BCUT2D eigenvalue weighted by Crippen LogP contribution is 2.31. The first kappa shape index (κ1) is 29.0. The molecular formula is C31H30N8O4S. The molecule has 6 rings (SSSR count). The molecule has 0 saturated carbocycles. The normalized spacial score (nSPS) is 13.5. The van der Waals surface area contributed by atoms with E-state index < -0.39 is 6.09 Å². The summed E-state index contributed by atoms with van der Waals surface area (Å²) in [5, 5.41) is 6.71. The third-order valence-electron chi connectivity index (χ3n) is 7.17. The van der Waals surface area contributed by atoms with E-state index in [0.717, 1.165) is 59.1 Å². The average Bonchev–Trinajstić information content (AvgIpc) is 3.52. The van der Waals surface area contributed by atoms with Gasteiger partial charge in [-0.05, 0) is 48.5 Å². The van der Waals surface area contributed by atoms with Gasteiger partial charge in [-0.1, -0.05) is 35.6 Å². The topological polar surface area (TPSA) is 135 Å². The zero-order chi connectivity index (χ0) is 30.5. The van der Waals surface area contributed by atoms with Gasteiger partial charge in [0, 0.05) is 55.7 Å². The number of thiazole rings is 1. The van der Waals surface area contributed by atoms with Gasteiger partial charge in [-0.25, -0.2) is 24.7 Å². The second-order valence-electron chi connectivity index (χ2n) is 10.2. The smallest absolute Gasteiger partial charge is 0.413 e. The zero-order valence-corrected chi connectivity index (χ0v) is 25.0. The number of anilines is 3. The van der Waals surface area contributed by atoms with Crippen molar-refractivity contribution in [2.24, 2.45) is 0 Å². The van der Waals surface area contributed by atoms with Crippen molar-refractivity contribution in [1.29, 1.82) is 0 Å². The van der Waals surface area contributed by atoms with Crippen molar-refractivity contribution in [2.45, 2.75) is 6.61 Å². The Bertz CT molecular complexity index is 1790. The Kier molecular flexibility index (Phi) is 8.57. The molecule has 44 heavy (non-hydrogen) atoms. The lowest BCUT2D eigenvalue weighted by molar-refractivity contribution is 0.102. The molecular weight excluding hydrogens is 580 g/mol. The van der Waals surface area contributed by atoms with Gasteiger partial charge < -0.3 is 19.3 Å². The van der Waals surface area contributed by atoms with Crippen molar-refractivity contribution in [3.63, 3.8) is 0 Å². The molecule has 0 bridgehead atoms. The summed E-state index contributed by atoms with van der Waals surface area (Å²) in [4.78, 5) is 48.3. The first-order valence-corrected chi connectivity index (χ1v) is 14.8. The lowest BCUT2D eigenvalue weighted by Gasteiger charge is -2.33. The molecule has 0 aliphatic carbocycles. The van der Waals surface area contributed by atoms with E-state index in [4.69, 9.17) is 9.47 Å². The molecule has 2 amide bonds. The molecule has 0 unspecified atom stereocenters.